The van der Waals surface area contributed by atoms with Gasteiger partial charge in [0, 0.05) is 10.7 Å². The van der Waals surface area contributed by atoms with Gasteiger partial charge in [0.15, 0.2) is 0 Å². The van der Waals surface area contributed by atoms with Crippen LogP contribution < -0.4 is 4.74 Å². The zero-order valence-electron chi connectivity index (χ0n) is 8.84. The first kappa shape index (κ1) is 11.9. The van der Waals surface area contributed by atoms with Gasteiger partial charge in [0.05, 0.1) is 17.1 Å². The molecule has 0 aliphatic heterocycles. The molecule has 0 radical (unpaired) electrons. The Labute approximate surface area is 111 Å². The van der Waals surface area contributed by atoms with Gasteiger partial charge in [-0.05, 0) is 34.0 Å². The van der Waals surface area contributed by atoms with Crippen LogP contribution in [0.4, 0.5) is 0 Å². The number of aryl methyl sites for hydroxylation is 1. The number of rotatable bonds is 3. The zero-order chi connectivity index (χ0) is 11.5. The van der Waals surface area contributed by atoms with E-state index in [4.69, 9.17) is 4.74 Å². The summed E-state index contributed by atoms with van der Waals surface area (Å²) in [6.07, 6.45) is 0.967. The predicted octanol–water partition coefficient (Wildman–Crippen LogP) is 3.94. The molecule has 1 aromatic carbocycles. The summed E-state index contributed by atoms with van der Waals surface area (Å²) in [7, 11) is 1.63. The molecule has 0 unspecified atom stereocenters. The molecule has 2 nitrogen and oxygen atoms in total. The van der Waals surface area contributed by atoms with Crippen LogP contribution in [0.3, 0.4) is 0 Å². The lowest BCUT2D eigenvalue weighted by Crippen LogP contribution is -1.94. The maximum atomic E-state index is 5.22. The standard InChI is InChI=1S/C12H11Br2NO/c1-16-12-10(14)7-9-4-2-3-8(5-6-13)11(9)15-12/h2-4,7H,5-6H2,1H3. The molecule has 0 aliphatic rings. The number of pyridine rings is 1. The maximum absolute atomic E-state index is 5.22. The van der Waals surface area contributed by atoms with E-state index in [1.165, 1.54) is 5.56 Å². The van der Waals surface area contributed by atoms with Crippen molar-refractivity contribution in [3.05, 3.63) is 34.3 Å². The van der Waals surface area contributed by atoms with Gasteiger partial charge in [-0.2, -0.15) is 0 Å². The third kappa shape index (κ3) is 2.23. The molecule has 0 bridgehead atoms. The van der Waals surface area contributed by atoms with E-state index in [9.17, 15) is 0 Å². The molecule has 84 valence electrons. The van der Waals surface area contributed by atoms with Crippen LogP contribution in [-0.2, 0) is 6.42 Å². The second kappa shape index (κ2) is 5.15. The first-order valence-electron chi connectivity index (χ1n) is 4.94. The first-order valence-corrected chi connectivity index (χ1v) is 6.86. The second-order valence-electron chi connectivity index (χ2n) is 3.41. The van der Waals surface area contributed by atoms with Crippen molar-refractivity contribution in [2.24, 2.45) is 0 Å². The topological polar surface area (TPSA) is 22.1 Å². The Morgan fingerprint density at radius 1 is 1.38 bits per heavy atom. The summed E-state index contributed by atoms with van der Waals surface area (Å²) in [6, 6.07) is 8.26. The molecule has 1 heterocycles. The molecule has 0 fully saturated rings. The number of nitrogens with zero attached hydrogens (tertiary/aromatic N) is 1. The van der Waals surface area contributed by atoms with Crippen molar-refractivity contribution >= 4 is 42.8 Å². The molecule has 16 heavy (non-hydrogen) atoms. The number of methoxy groups -OCH3 is 1. The highest BCUT2D eigenvalue weighted by Gasteiger charge is 2.07. The molecule has 0 saturated heterocycles. The maximum Gasteiger partial charge on any atom is 0.228 e. The van der Waals surface area contributed by atoms with Crippen LogP contribution in [0.1, 0.15) is 5.56 Å². The van der Waals surface area contributed by atoms with Crippen LogP contribution in [0.15, 0.2) is 28.7 Å². The molecule has 2 rings (SSSR count). The van der Waals surface area contributed by atoms with E-state index >= 15 is 0 Å². The number of ether oxygens (including phenoxy) is 1. The minimum absolute atomic E-state index is 0.634. The predicted molar refractivity (Wildman–Crippen MR) is 73.5 cm³/mol. The molecule has 0 aliphatic carbocycles. The fourth-order valence-electron chi connectivity index (χ4n) is 1.66. The van der Waals surface area contributed by atoms with Crippen molar-refractivity contribution < 1.29 is 4.74 Å². The van der Waals surface area contributed by atoms with Gasteiger partial charge < -0.3 is 4.74 Å². The Morgan fingerprint density at radius 3 is 2.88 bits per heavy atom. The summed E-state index contributed by atoms with van der Waals surface area (Å²) < 4.78 is 6.10. The van der Waals surface area contributed by atoms with Gasteiger partial charge in [-0.15, -0.1) is 0 Å². The van der Waals surface area contributed by atoms with Gasteiger partial charge in [-0.1, -0.05) is 34.1 Å². The van der Waals surface area contributed by atoms with Crippen LogP contribution in [0.25, 0.3) is 10.9 Å². The number of aromatic nitrogens is 1. The monoisotopic (exact) mass is 343 g/mol. The number of para-hydroxylation sites is 1. The molecule has 0 amide bonds. The summed E-state index contributed by atoms with van der Waals surface area (Å²) in [6.45, 7) is 0. The summed E-state index contributed by atoms with van der Waals surface area (Å²) in [4.78, 5) is 4.52. The summed E-state index contributed by atoms with van der Waals surface area (Å²) in [5.41, 5.74) is 2.25. The Hall–Kier alpha value is -0.610. The zero-order valence-corrected chi connectivity index (χ0v) is 12.0. The Bertz CT molecular complexity index is 514. The quantitative estimate of drug-likeness (QED) is 0.787. The smallest absolute Gasteiger partial charge is 0.228 e. The molecule has 0 atom stereocenters. The fraction of sp³-hybridized carbons (Fsp3) is 0.250. The molecular formula is C12H11Br2NO. The number of halogens is 2. The molecule has 2 aromatic rings. The highest BCUT2D eigenvalue weighted by molar-refractivity contribution is 9.10. The van der Waals surface area contributed by atoms with Crippen molar-refractivity contribution in [3.8, 4) is 5.88 Å². The third-order valence-corrected chi connectivity index (χ3v) is 3.37. The molecule has 0 saturated carbocycles. The normalized spacial score (nSPS) is 10.7. The third-order valence-electron chi connectivity index (χ3n) is 2.41. The molecule has 4 heteroatoms. The number of benzene rings is 1. The minimum Gasteiger partial charge on any atom is -0.480 e. The molecular weight excluding hydrogens is 334 g/mol. The van der Waals surface area contributed by atoms with E-state index in [2.05, 4.69) is 55.0 Å². The summed E-state index contributed by atoms with van der Waals surface area (Å²) >= 11 is 6.90. The van der Waals surface area contributed by atoms with Crippen molar-refractivity contribution in [2.45, 2.75) is 6.42 Å². The average molecular weight is 345 g/mol. The van der Waals surface area contributed by atoms with Crippen molar-refractivity contribution in [1.82, 2.24) is 4.98 Å². The van der Waals surface area contributed by atoms with E-state index < -0.39 is 0 Å². The van der Waals surface area contributed by atoms with Gasteiger partial charge in [0.25, 0.3) is 0 Å². The summed E-state index contributed by atoms with van der Waals surface area (Å²) in [5.74, 6) is 0.634. The SMILES string of the molecule is COc1nc2c(CCBr)cccc2cc1Br. The second-order valence-corrected chi connectivity index (χ2v) is 5.05. The molecule has 1 aromatic heterocycles. The van der Waals surface area contributed by atoms with E-state index in [1.807, 2.05) is 6.07 Å². The van der Waals surface area contributed by atoms with Gasteiger partial charge in [-0.25, -0.2) is 4.98 Å². The van der Waals surface area contributed by atoms with Gasteiger partial charge in [0.2, 0.25) is 5.88 Å². The summed E-state index contributed by atoms with van der Waals surface area (Å²) in [5, 5.41) is 2.07. The van der Waals surface area contributed by atoms with E-state index in [0.29, 0.717) is 5.88 Å². The van der Waals surface area contributed by atoms with Crippen LogP contribution >= 0.6 is 31.9 Å². The van der Waals surface area contributed by atoms with E-state index in [-0.39, 0.29) is 0 Å². The van der Waals surface area contributed by atoms with Gasteiger partial charge >= 0.3 is 0 Å². The first-order chi connectivity index (χ1) is 7.76. The van der Waals surface area contributed by atoms with Crippen LogP contribution in [0.2, 0.25) is 0 Å². The lowest BCUT2D eigenvalue weighted by molar-refractivity contribution is 0.396. The Kier molecular flexibility index (Phi) is 3.82. The number of hydrogen-bond acceptors (Lipinski definition) is 2. The lowest BCUT2D eigenvalue weighted by Gasteiger charge is -2.07. The lowest BCUT2D eigenvalue weighted by atomic mass is 10.1. The van der Waals surface area contributed by atoms with Gasteiger partial charge in [-0.3, -0.25) is 0 Å². The largest absolute Gasteiger partial charge is 0.480 e. The average Bonchev–Trinajstić information content (AvgIpc) is 2.29. The molecule has 0 spiro atoms. The molecule has 0 N–H and O–H groups in total. The Balaban J connectivity index is 2.66. The number of fused-ring (bicyclic) bond motifs is 1. The van der Waals surface area contributed by atoms with Crippen LogP contribution in [0, 0.1) is 0 Å². The van der Waals surface area contributed by atoms with Crippen LogP contribution in [0.5, 0.6) is 5.88 Å². The van der Waals surface area contributed by atoms with Gasteiger partial charge in [0.1, 0.15) is 0 Å². The fourth-order valence-corrected chi connectivity index (χ4v) is 2.59. The van der Waals surface area contributed by atoms with Crippen LogP contribution in [-0.4, -0.2) is 17.4 Å². The minimum atomic E-state index is 0.634. The van der Waals surface area contributed by atoms with Crippen molar-refractivity contribution in [1.29, 1.82) is 0 Å². The van der Waals surface area contributed by atoms with Crippen molar-refractivity contribution in [3.63, 3.8) is 0 Å². The number of hydrogen-bond donors (Lipinski definition) is 0. The highest BCUT2D eigenvalue weighted by atomic mass is 79.9. The van der Waals surface area contributed by atoms with Crippen molar-refractivity contribution in [2.75, 3.05) is 12.4 Å². The number of alkyl halides is 1. The van der Waals surface area contributed by atoms with E-state index in [1.54, 1.807) is 7.11 Å². The Morgan fingerprint density at radius 2 is 2.19 bits per heavy atom. The van der Waals surface area contributed by atoms with E-state index in [0.717, 1.165) is 27.1 Å². The highest BCUT2D eigenvalue weighted by Crippen LogP contribution is 2.28.